The zero-order valence-corrected chi connectivity index (χ0v) is 27.5. The molecule has 4 heteroatoms. The monoisotopic (exact) mass is 651 g/mol. The molecule has 0 bridgehead atoms. The zero-order valence-electron chi connectivity index (χ0n) is 27.5. The van der Waals surface area contributed by atoms with Crippen LogP contribution in [0.4, 0.5) is 0 Å². The van der Waals surface area contributed by atoms with Gasteiger partial charge in [0.15, 0.2) is 17.5 Å². The molecule has 0 aliphatic heterocycles. The fourth-order valence-corrected chi connectivity index (χ4v) is 7.19. The number of fused-ring (bicyclic) bond motifs is 6. The van der Waals surface area contributed by atoms with Crippen molar-refractivity contribution in [2.75, 3.05) is 0 Å². The van der Waals surface area contributed by atoms with E-state index in [0.29, 0.717) is 17.5 Å². The first-order valence-corrected chi connectivity index (χ1v) is 17.1. The zero-order chi connectivity index (χ0) is 33.7. The average Bonchev–Trinajstić information content (AvgIpc) is 3.60. The second kappa shape index (κ2) is 11.9. The number of aromatic nitrogens is 3. The third kappa shape index (κ3) is 5.13. The van der Waals surface area contributed by atoms with Crippen molar-refractivity contribution < 1.29 is 4.42 Å². The molecule has 238 valence electrons. The van der Waals surface area contributed by atoms with E-state index in [4.69, 9.17) is 19.4 Å². The van der Waals surface area contributed by atoms with Gasteiger partial charge in [0.25, 0.3) is 0 Å². The van der Waals surface area contributed by atoms with Crippen LogP contribution in [0.15, 0.2) is 180 Å². The van der Waals surface area contributed by atoms with Crippen molar-refractivity contribution in [2.45, 2.75) is 0 Å². The Bertz CT molecular complexity index is 2910. The van der Waals surface area contributed by atoms with Crippen LogP contribution in [0.2, 0.25) is 0 Å². The number of furan rings is 1. The standard InChI is InChI=1S/C47H29N3O/c1-2-10-30(11-3-1)34-13-8-14-37(29-34)46-48-45(49-47(50-46)41-17-9-19-43-44(41)40-16-6-7-18-42(40)51-43)33-23-20-31(21-24-33)35-26-27-39-36(28-35)25-22-32-12-4-5-15-38(32)39/h1-29H. The Kier molecular flexibility index (Phi) is 6.78. The third-order valence-corrected chi connectivity index (χ3v) is 9.73. The Morgan fingerprint density at radius 2 is 0.882 bits per heavy atom. The van der Waals surface area contributed by atoms with Crippen molar-refractivity contribution >= 4 is 43.5 Å². The van der Waals surface area contributed by atoms with E-state index in [2.05, 4.69) is 140 Å². The lowest BCUT2D eigenvalue weighted by atomic mass is 9.97. The van der Waals surface area contributed by atoms with E-state index >= 15 is 0 Å². The third-order valence-electron chi connectivity index (χ3n) is 9.73. The maximum absolute atomic E-state index is 6.24. The molecule has 0 spiro atoms. The first-order chi connectivity index (χ1) is 25.2. The number of para-hydroxylation sites is 1. The van der Waals surface area contributed by atoms with Crippen LogP contribution < -0.4 is 0 Å². The lowest BCUT2D eigenvalue weighted by Gasteiger charge is -2.11. The maximum Gasteiger partial charge on any atom is 0.164 e. The van der Waals surface area contributed by atoms with Gasteiger partial charge in [0.05, 0.1) is 0 Å². The van der Waals surface area contributed by atoms with Crippen LogP contribution >= 0.6 is 0 Å². The Balaban J connectivity index is 1.11. The van der Waals surface area contributed by atoms with Gasteiger partial charge in [-0.2, -0.15) is 0 Å². The minimum Gasteiger partial charge on any atom is -0.456 e. The summed E-state index contributed by atoms with van der Waals surface area (Å²) in [6.07, 6.45) is 0. The Hall–Kier alpha value is -6.91. The molecule has 0 fully saturated rings. The van der Waals surface area contributed by atoms with Gasteiger partial charge in [-0.3, -0.25) is 0 Å². The molecule has 8 aromatic carbocycles. The highest BCUT2D eigenvalue weighted by Crippen LogP contribution is 2.37. The highest BCUT2D eigenvalue weighted by atomic mass is 16.3. The fourth-order valence-electron chi connectivity index (χ4n) is 7.19. The molecule has 0 aliphatic rings. The number of rotatable bonds is 5. The van der Waals surface area contributed by atoms with Crippen LogP contribution in [0.25, 0.3) is 99.9 Å². The second-order valence-corrected chi connectivity index (χ2v) is 12.8. The van der Waals surface area contributed by atoms with Crippen molar-refractivity contribution in [3.63, 3.8) is 0 Å². The largest absolute Gasteiger partial charge is 0.456 e. The van der Waals surface area contributed by atoms with Gasteiger partial charge < -0.3 is 4.42 Å². The van der Waals surface area contributed by atoms with Crippen molar-refractivity contribution in [2.24, 2.45) is 0 Å². The van der Waals surface area contributed by atoms with Gasteiger partial charge in [-0.15, -0.1) is 0 Å². The molecule has 0 unspecified atom stereocenters. The molecule has 2 heterocycles. The van der Waals surface area contributed by atoms with E-state index in [1.807, 2.05) is 36.4 Å². The van der Waals surface area contributed by atoms with Gasteiger partial charge in [-0.1, -0.05) is 152 Å². The number of benzene rings is 8. The van der Waals surface area contributed by atoms with Crippen LogP contribution in [0.3, 0.4) is 0 Å². The first-order valence-electron chi connectivity index (χ1n) is 17.1. The second-order valence-electron chi connectivity index (χ2n) is 12.8. The predicted molar refractivity (Wildman–Crippen MR) is 209 cm³/mol. The molecule has 51 heavy (non-hydrogen) atoms. The molecule has 10 rings (SSSR count). The minimum atomic E-state index is 0.600. The van der Waals surface area contributed by atoms with E-state index < -0.39 is 0 Å². The molecule has 0 aliphatic carbocycles. The Morgan fingerprint density at radius 3 is 1.76 bits per heavy atom. The van der Waals surface area contributed by atoms with Crippen molar-refractivity contribution in [1.82, 2.24) is 15.0 Å². The molecule has 0 radical (unpaired) electrons. The van der Waals surface area contributed by atoms with Gasteiger partial charge in [0, 0.05) is 27.5 Å². The molecular formula is C47H29N3O. The summed E-state index contributed by atoms with van der Waals surface area (Å²) in [7, 11) is 0. The van der Waals surface area contributed by atoms with E-state index in [-0.39, 0.29) is 0 Å². The maximum atomic E-state index is 6.24. The first kappa shape index (κ1) is 29.0. The topological polar surface area (TPSA) is 51.8 Å². The summed E-state index contributed by atoms with van der Waals surface area (Å²) in [4.78, 5) is 15.3. The van der Waals surface area contributed by atoms with Crippen molar-refractivity contribution in [3.05, 3.63) is 176 Å². The summed E-state index contributed by atoms with van der Waals surface area (Å²) in [5.41, 5.74) is 8.92. The van der Waals surface area contributed by atoms with E-state index in [1.54, 1.807) is 0 Å². The average molecular weight is 652 g/mol. The number of hydrogen-bond acceptors (Lipinski definition) is 4. The molecular weight excluding hydrogens is 623 g/mol. The molecule has 10 aromatic rings. The van der Waals surface area contributed by atoms with Crippen LogP contribution in [0, 0.1) is 0 Å². The highest BCUT2D eigenvalue weighted by molar-refractivity contribution is 6.12. The summed E-state index contributed by atoms with van der Waals surface area (Å²) in [6, 6.07) is 61.1. The Morgan fingerprint density at radius 1 is 0.314 bits per heavy atom. The SMILES string of the molecule is c1ccc(-c2cccc(-c3nc(-c4ccc(-c5ccc6c(ccc7ccccc76)c5)cc4)nc(-c4cccc5oc6ccccc6c45)n3)c2)cc1. The van der Waals surface area contributed by atoms with Crippen LogP contribution in [-0.4, -0.2) is 15.0 Å². The lowest BCUT2D eigenvalue weighted by Crippen LogP contribution is -2.00. The van der Waals surface area contributed by atoms with Gasteiger partial charge in [-0.05, 0) is 68.1 Å². The smallest absolute Gasteiger partial charge is 0.164 e. The summed E-state index contributed by atoms with van der Waals surface area (Å²) in [5, 5.41) is 7.03. The van der Waals surface area contributed by atoms with E-state index in [0.717, 1.165) is 60.9 Å². The molecule has 4 nitrogen and oxygen atoms in total. The van der Waals surface area contributed by atoms with Gasteiger partial charge in [0.1, 0.15) is 11.2 Å². The van der Waals surface area contributed by atoms with E-state index in [1.165, 1.54) is 21.5 Å². The lowest BCUT2D eigenvalue weighted by molar-refractivity contribution is 0.669. The molecule has 0 amide bonds. The normalized spacial score (nSPS) is 11.5. The van der Waals surface area contributed by atoms with Crippen LogP contribution in [0.1, 0.15) is 0 Å². The summed E-state index contributed by atoms with van der Waals surface area (Å²) < 4.78 is 6.24. The van der Waals surface area contributed by atoms with Crippen LogP contribution in [0.5, 0.6) is 0 Å². The molecule has 2 aromatic heterocycles. The molecule has 0 atom stereocenters. The van der Waals surface area contributed by atoms with Crippen molar-refractivity contribution in [1.29, 1.82) is 0 Å². The molecule has 0 saturated carbocycles. The molecule has 0 N–H and O–H groups in total. The predicted octanol–water partition coefficient (Wildman–Crippen LogP) is 12.4. The Labute approximate surface area is 294 Å². The van der Waals surface area contributed by atoms with Gasteiger partial charge in [-0.25, -0.2) is 15.0 Å². The summed E-state index contributed by atoms with van der Waals surface area (Å²) in [5.74, 6) is 1.83. The summed E-state index contributed by atoms with van der Waals surface area (Å²) in [6.45, 7) is 0. The minimum absolute atomic E-state index is 0.600. The van der Waals surface area contributed by atoms with Crippen molar-refractivity contribution in [3.8, 4) is 56.4 Å². The quantitative estimate of drug-likeness (QED) is 0.174. The van der Waals surface area contributed by atoms with Gasteiger partial charge >= 0.3 is 0 Å². The fraction of sp³-hybridized carbons (Fsp3) is 0. The van der Waals surface area contributed by atoms with Gasteiger partial charge in [0.2, 0.25) is 0 Å². The molecule has 0 saturated heterocycles. The van der Waals surface area contributed by atoms with Crippen LogP contribution in [-0.2, 0) is 0 Å². The summed E-state index contributed by atoms with van der Waals surface area (Å²) >= 11 is 0. The highest BCUT2D eigenvalue weighted by Gasteiger charge is 2.18. The number of hydrogen-bond donors (Lipinski definition) is 0. The number of nitrogens with zero attached hydrogens (tertiary/aromatic N) is 3. The van der Waals surface area contributed by atoms with E-state index in [9.17, 15) is 0 Å².